The Kier molecular flexibility index (Phi) is 6.71. The molecule has 1 aromatic heterocycles. The Hall–Kier alpha value is -2.67. The van der Waals surface area contributed by atoms with E-state index < -0.39 is 0 Å². The fraction of sp³-hybridized carbons (Fsp3) is 0.607. The molecule has 1 aromatic carbocycles. The maximum Gasteiger partial charge on any atom is 0.294 e. The number of hydrogen-bond acceptors (Lipinski definition) is 5. The number of fused-ring (bicyclic) bond motifs is 3. The molecule has 7 heteroatoms. The third-order valence-electron chi connectivity index (χ3n) is 7.67. The molecule has 0 aliphatic carbocycles. The molecule has 3 aliphatic heterocycles. The molecular weight excluding hydrogens is 438 g/mol. The molecule has 1 fully saturated rings. The number of imidazole rings is 1. The number of nitrogens with zero attached hydrogens (tertiary/aromatic N) is 5. The summed E-state index contributed by atoms with van der Waals surface area (Å²) in [6.07, 6.45) is 5.94. The zero-order valence-corrected chi connectivity index (χ0v) is 22.1. The van der Waals surface area contributed by atoms with Gasteiger partial charge in [-0.05, 0) is 85.0 Å². The molecule has 4 heterocycles. The smallest absolute Gasteiger partial charge is 0.294 e. The van der Waals surface area contributed by atoms with E-state index in [2.05, 4.69) is 72.0 Å². The highest BCUT2D eigenvalue weighted by Gasteiger charge is 2.32. The molecule has 1 saturated heterocycles. The average Bonchev–Trinajstić information content (AvgIpc) is 2.96. The van der Waals surface area contributed by atoms with Crippen molar-refractivity contribution in [3.8, 4) is 22.9 Å². The topological polar surface area (TPSA) is 54.9 Å². The van der Waals surface area contributed by atoms with Crippen molar-refractivity contribution in [1.29, 1.82) is 0 Å². The van der Waals surface area contributed by atoms with Crippen LogP contribution >= 0.6 is 0 Å². The van der Waals surface area contributed by atoms with Crippen LogP contribution in [0.25, 0.3) is 11.4 Å². The van der Waals surface area contributed by atoms with E-state index in [1.165, 1.54) is 25.8 Å². The highest BCUT2D eigenvalue weighted by Crippen LogP contribution is 2.36. The first-order valence-corrected chi connectivity index (χ1v) is 13.3. The Labute approximate surface area is 209 Å². The Morgan fingerprint density at radius 3 is 2.66 bits per heavy atom. The second kappa shape index (κ2) is 9.76. The normalized spacial score (nSPS) is 21.5. The Morgan fingerprint density at radius 1 is 1.09 bits per heavy atom. The number of rotatable bonds is 6. The SMILES string of the molecule is CC1=NC(c2cn3c(n2)-c2ccc(OC(C)C4CCCN(C(C)C)CC4)cc2OCC3)=[N+]1C(C)C. The van der Waals surface area contributed by atoms with E-state index in [0.29, 0.717) is 24.6 Å². The first-order valence-electron chi connectivity index (χ1n) is 13.3. The van der Waals surface area contributed by atoms with Gasteiger partial charge in [0.05, 0.1) is 24.3 Å². The van der Waals surface area contributed by atoms with Gasteiger partial charge in [-0.1, -0.05) is 4.99 Å². The maximum atomic E-state index is 6.47. The van der Waals surface area contributed by atoms with Crippen molar-refractivity contribution < 1.29 is 14.0 Å². The summed E-state index contributed by atoms with van der Waals surface area (Å²) in [7, 11) is 0. The minimum atomic E-state index is 0.178. The van der Waals surface area contributed by atoms with Gasteiger partial charge in [0, 0.05) is 25.2 Å². The summed E-state index contributed by atoms with van der Waals surface area (Å²) in [6, 6.07) is 7.19. The van der Waals surface area contributed by atoms with Crippen molar-refractivity contribution in [2.45, 2.75) is 85.5 Å². The third kappa shape index (κ3) is 4.75. The molecule has 2 aromatic rings. The van der Waals surface area contributed by atoms with Crippen LogP contribution in [0.5, 0.6) is 11.5 Å². The zero-order valence-electron chi connectivity index (χ0n) is 22.1. The van der Waals surface area contributed by atoms with E-state index in [4.69, 9.17) is 14.5 Å². The standard InChI is InChI=1S/C28H40N5O2/c1-18(2)31-12-7-8-22(11-13-31)20(5)35-23-9-10-24-26(16-23)34-15-14-32-17-25(30-27(24)32)28-29-21(6)33(28)19(3)4/h9-10,16-20,22H,7-8,11-15H2,1-6H3/q+1. The van der Waals surface area contributed by atoms with Gasteiger partial charge in [0.1, 0.15) is 23.9 Å². The number of aliphatic imine (C=N–C) groups is 1. The van der Waals surface area contributed by atoms with Crippen LogP contribution in [-0.2, 0) is 6.54 Å². The molecule has 2 unspecified atom stereocenters. The van der Waals surface area contributed by atoms with Crippen LogP contribution in [0.15, 0.2) is 29.4 Å². The van der Waals surface area contributed by atoms with Crippen molar-refractivity contribution in [1.82, 2.24) is 14.5 Å². The van der Waals surface area contributed by atoms with Crippen LogP contribution in [0.1, 0.15) is 66.5 Å². The highest BCUT2D eigenvalue weighted by molar-refractivity contribution is 6.08. The van der Waals surface area contributed by atoms with Crippen LogP contribution in [0.4, 0.5) is 0 Å². The molecule has 0 bridgehead atoms. The number of ether oxygens (including phenoxy) is 2. The van der Waals surface area contributed by atoms with Crippen molar-refractivity contribution >= 4 is 11.7 Å². The summed E-state index contributed by atoms with van der Waals surface area (Å²) in [5, 5.41) is 0. The van der Waals surface area contributed by atoms with Gasteiger partial charge in [-0.3, -0.25) is 0 Å². The fourth-order valence-electron chi connectivity index (χ4n) is 5.65. The fourth-order valence-corrected chi connectivity index (χ4v) is 5.65. The monoisotopic (exact) mass is 478 g/mol. The summed E-state index contributed by atoms with van der Waals surface area (Å²) in [5.41, 5.74) is 1.93. The first kappa shape index (κ1) is 24.0. The third-order valence-corrected chi connectivity index (χ3v) is 7.67. The largest absolute Gasteiger partial charge is 0.491 e. The molecule has 0 saturated carbocycles. The Morgan fingerprint density at radius 2 is 1.91 bits per heavy atom. The van der Waals surface area contributed by atoms with Gasteiger partial charge < -0.3 is 18.9 Å². The van der Waals surface area contributed by atoms with Crippen LogP contribution in [0, 0.1) is 5.92 Å². The van der Waals surface area contributed by atoms with E-state index in [-0.39, 0.29) is 6.10 Å². The lowest BCUT2D eigenvalue weighted by molar-refractivity contribution is -0.457. The number of hydrogen-bond donors (Lipinski definition) is 0. The summed E-state index contributed by atoms with van der Waals surface area (Å²) in [6.45, 7) is 16.9. The van der Waals surface area contributed by atoms with Gasteiger partial charge in [0.2, 0.25) is 5.84 Å². The molecule has 0 amide bonds. The lowest BCUT2D eigenvalue weighted by Gasteiger charge is -2.26. The molecule has 188 valence electrons. The predicted molar refractivity (Wildman–Crippen MR) is 140 cm³/mol. The molecule has 35 heavy (non-hydrogen) atoms. The molecule has 0 spiro atoms. The van der Waals surface area contributed by atoms with Crippen molar-refractivity contribution in [3.05, 3.63) is 30.1 Å². The Balaban J connectivity index is 1.34. The van der Waals surface area contributed by atoms with Gasteiger partial charge in [0.15, 0.2) is 5.69 Å². The molecule has 5 rings (SSSR count). The second-order valence-corrected chi connectivity index (χ2v) is 10.7. The maximum absolute atomic E-state index is 6.47. The first-order chi connectivity index (χ1) is 16.8. The van der Waals surface area contributed by atoms with Gasteiger partial charge in [-0.15, -0.1) is 0 Å². The average molecular weight is 479 g/mol. The van der Waals surface area contributed by atoms with Crippen molar-refractivity contribution in [2.75, 3.05) is 19.7 Å². The van der Waals surface area contributed by atoms with Gasteiger partial charge >= 0.3 is 0 Å². The molecule has 7 nitrogen and oxygen atoms in total. The van der Waals surface area contributed by atoms with E-state index in [1.807, 2.05) is 13.0 Å². The van der Waals surface area contributed by atoms with Crippen LogP contribution < -0.4 is 9.47 Å². The summed E-state index contributed by atoms with van der Waals surface area (Å²) in [5.74, 6) is 5.22. The van der Waals surface area contributed by atoms with Gasteiger partial charge in [-0.2, -0.15) is 0 Å². The van der Waals surface area contributed by atoms with E-state index >= 15 is 0 Å². The van der Waals surface area contributed by atoms with Gasteiger partial charge in [0.25, 0.3) is 5.84 Å². The van der Waals surface area contributed by atoms with Crippen LogP contribution in [0.2, 0.25) is 0 Å². The van der Waals surface area contributed by atoms with E-state index in [0.717, 1.165) is 53.3 Å². The number of likely N-dealkylation sites (tertiary alicyclic amines) is 1. The summed E-state index contributed by atoms with van der Waals surface area (Å²) >= 11 is 0. The van der Waals surface area contributed by atoms with Crippen molar-refractivity contribution in [2.24, 2.45) is 10.9 Å². The van der Waals surface area contributed by atoms with Gasteiger partial charge in [-0.25, -0.2) is 9.56 Å². The lowest BCUT2D eigenvalue weighted by atomic mass is 9.95. The zero-order chi connectivity index (χ0) is 24.7. The predicted octanol–water partition coefficient (Wildman–Crippen LogP) is 4.82. The number of amidine groups is 2. The van der Waals surface area contributed by atoms with Crippen LogP contribution in [-0.4, -0.2) is 68.6 Å². The second-order valence-electron chi connectivity index (χ2n) is 10.7. The molecule has 0 N–H and O–H groups in total. The highest BCUT2D eigenvalue weighted by atomic mass is 16.5. The molecular formula is C28H40N5O2+. The molecule has 3 aliphatic rings. The Bertz CT molecular complexity index is 1150. The quantitative estimate of drug-likeness (QED) is 0.559. The summed E-state index contributed by atoms with van der Waals surface area (Å²) in [4.78, 5) is 12.2. The van der Waals surface area contributed by atoms with E-state index in [1.54, 1.807) is 0 Å². The van der Waals surface area contributed by atoms with E-state index in [9.17, 15) is 0 Å². The molecule has 2 atom stereocenters. The van der Waals surface area contributed by atoms with Crippen LogP contribution in [0.3, 0.4) is 0 Å². The minimum absolute atomic E-state index is 0.178. The number of benzene rings is 1. The van der Waals surface area contributed by atoms with Crippen molar-refractivity contribution in [3.63, 3.8) is 0 Å². The summed E-state index contributed by atoms with van der Waals surface area (Å²) < 4.78 is 17.0. The lowest BCUT2D eigenvalue weighted by Crippen LogP contribution is -2.39. The number of aromatic nitrogens is 2. The minimum Gasteiger partial charge on any atom is -0.491 e. The molecule has 0 radical (unpaired) electrons.